The fourth-order valence-electron chi connectivity index (χ4n) is 1.59. The Bertz CT molecular complexity index is 415. The van der Waals surface area contributed by atoms with Crippen LogP contribution < -0.4 is 10.6 Å². The van der Waals surface area contributed by atoms with E-state index in [4.69, 9.17) is 0 Å². The number of hydrogen-bond acceptors (Lipinski definition) is 4. The van der Waals surface area contributed by atoms with E-state index in [0.717, 1.165) is 5.82 Å². The Morgan fingerprint density at radius 2 is 2.17 bits per heavy atom. The van der Waals surface area contributed by atoms with Crippen molar-refractivity contribution in [3.8, 4) is 0 Å². The molecule has 0 aliphatic carbocycles. The molecule has 1 rings (SSSR count). The van der Waals surface area contributed by atoms with E-state index in [1.54, 1.807) is 4.68 Å². The van der Waals surface area contributed by atoms with Crippen LogP contribution in [0.2, 0.25) is 0 Å². The summed E-state index contributed by atoms with van der Waals surface area (Å²) in [7, 11) is 0. The third-order valence-corrected chi connectivity index (χ3v) is 2.50. The number of carbonyl (C=O) groups excluding carboxylic acids is 2. The van der Waals surface area contributed by atoms with Crippen LogP contribution in [0.15, 0.2) is 6.33 Å². The number of aromatic nitrogens is 3. The molecule has 1 aromatic heterocycles. The van der Waals surface area contributed by atoms with Crippen LogP contribution in [0.1, 0.15) is 39.1 Å². The van der Waals surface area contributed by atoms with Gasteiger partial charge in [0, 0.05) is 13.5 Å². The van der Waals surface area contributed by atoms with E-state index in [0.29, 0.717) is 13.0 Å². The van der Waals surface area contributed by atoms with Gasteiger partial charge in [-0.3, -0.25) is 9.59 Å². The van der Waals surface area contributed by atoms with Gasteiger partial charge >= 0.3 is 0 Å². The van der Waals surface area contributed by atoms with Gasteiger partial charge in [0.2, 0.25) is 11.8 Å². The van der Waals surface area contributed by atoms with Crippen LogP contribution in [-0.4, -0.2) is 33.1 Å². The maximum Gasteiger partial charge on any atom is 0.239 e. The molecule has 7 nitrogen and oxygen atoms in total. The molecule has 0 aliphatic heterocycles. The molecule has 100 valence electrons. The topological polar surface area (TPSA) is 88.9 Å². The number of nitrogens with one attached hydrogen (secondary N) is 2. The van der Waals surface area contributed by atoms with Gasteiger partial charge in [0.15, 0.2) is 0 Å². The van der Waals surface area contributed by atoms with E-state index < -0.39 is 0 Å². The quantitative estimate of drug-likeness (QED) is 0.747. The molecular formula is C11H19N5O2. The second-order valence-corrected chi connectivity index (χ2v) is 3.87. The standard InChI is InChI=1S/C11H19N5O2/c1-4-9(11-13-7-14-16(11)5-2)15-10(18)6-12-8(3)17/h7,9H,4-6H2,1-3H3,(H,12,17)(H,15,18)/t9-/m1/s1. The highest BCUT2D eigenvalue weighted by Crippen LogP contribution is 2.12. The van der Waals surface area contributed by atoms with Gasteiger partial charge < -0.3 is 10.6 Å². The normalized spacial score (nSPS) is 11.9. The third kappa shape index (κ3) is 3.83. The average molecular weight is 253 g/mol. The Labute approximate surface area is 106 Å². The summed E-state index contributed by atoms with van der Waals surface area (Å²) in [6, 6.07) is -0.186. The van der Waals surface area contributed by atoms with Crippen LogP contribution in [0, 0.1) is 0 Å². The second-order valence-electron chi connectivity index (χ2n) is 3.87. The zero-order chi connectivity index (χ0) is 13.5. The summed E-state index contributed by atoms with van der Waals surface area (Å²) in [5.74, 6) is 0.272. The zero-order valence-electron chi connectivity index (χ0n) is 10.9. The molecule has 0 aromatic carbocycles. The van der Waals surface area contributed by atoms with E-state index in [1.807, 2.05) is 13.8 Å². The smallest absolute Gasteiger partial charge is 0.239 e. The van der Waals surface area contributed by atoms with E-state index in [2.05, 4.69) is 20.7 Å². The zero-order valence-corrected chi connectivity index (χ0v) is 10.9. The van der Waals surface area contributed by atoms with E-state index in [1.165, 1.54) is 13.3 Å². The Morgan fingerprint density at radius 3 is 2.72 bits per heavy atom. The molecule has 0 radical (unpaired) electrons. The molecule has 0 aliphatic rings. The molecule has 0 bridgehead atoms. The van der Waals surface area contributed by atoms with Crippen LogP contribution in [0.4, 0.5) is 0 Å². The summed E-state index contributed by atoms with van der Waals surface area (Å²) < 4.78 is 1.74. The van der Waals surface area contributed by atoms with E-state index >= 15 is 0 Å². The summed E-state index contributed by atoms with van der Waals surface area (Å²) in [6.07, 6.45) is 2.19. The van der Waals surface area contributed by atoms with Crippen molar-refractivity contribution < 1.29 is 9.59 Å². The van der Waals surface area contributed by atoms with Crippen molar-refractivity contribution in [2.45, 2.75) is 39.8 Å². The van der Waals surface area contributed by atoms with Crippen LogP contribution in [-0.2, 0) is 16.1 Å². The average Bonchev–Trinajstić information content (AvgIpc) is 2.81. The highest BCUT2D eigenvalue weighted by Gasteiger charge is 2.17. The van der Waals surface area contributed by atoms with Crippen molar-refractivity contribution in [2.75, 3.05) is 6.54 Å². The van der Waals surface area contributed by atoms with Crippen molar-refractivity contribution >= 4 is 11.8 Å². The minimum absolute atomic E-state index is 0.0217. The molecule has 0 fully saturated rings. The number of amides is 2. The predicted molar refractivity (Wildman–Crippen MR) is 65.6 cm³/mol. The van der Waals surface area contributed by atoms with E-state index in [-0.39, 0.29) is 24.4 Å². The molecule has 2 amide bonds. The number of hydrogen-bond donors (Lipinski definition) is 2. The lowest BCUT2D eigenvalue weighted by Crippen LogP contribution is -2.38. The molecule has 0 spiro atoms. The van der Waals surface area contributed by atoms with Crippen molar-refractivity contribution in [3.63, 3.8) is 0 Å². The Morgan fingerprint density at radius 1 is 1.44 bits per heavy atom. The fraction of sp³-hybridized carbons (Fsp3) is 0.636. The lowest BCUT2D eigenvalue weighted by molar-refractivity contribution is -0.125. The van der Waals surface area contributed by atoms with Crippen LogP contribution in [0.3, 0.4) is 0 Å². The highest BCUT2D eigenvalue weighted by molar-refractivity contribution is 5.83. The first-order valence-corrected chi connectivity index (χ1v) is 6.00. The first-order chi connectivity index (χ1) is 8.58. The summed E-state index contributed by atoms with van der Waals surface area (Å²) in [6.45, 7) is 5.97. The molecule has 18 heavy (non-hydrogen) atoms. The summed E-state index contributed by atoms with van der Waals surface area (Å²) in [4.78, 5) is 26.5. The Kier molecular flexibility index (Phi) is 5.29. The second kappa shape index (κ2) is 6.73. The molecule has 1 atom stereocenters. The lowest BCUT2D eigenvalue weighted by atomic mass is 10.2. The SMILES string of the molecule is CC[C@@H](NC(=O)CNC(C)=O)c1ncnn1CC. The largest absolute Gasteiger partial charge is 0.347 e. The van der Waals surface area contributed by atoms with Gasteiger partial charge in [0.05, 0.1) is 12.6 Å². The number of nitrogens with zero attached hydrogens (tertiary/aromatic N) is 3. The maximum absolute atomic E-state index is 11.6. The molecular weight excluding hydrogens is 234 g/mol. The summed E-state index contributed by atoms with van der Waals surface area (Å²) >= 11 is 0. The van der Waals surface area contributed by atoms with Crippen LogP contribution in [0.25, 0.3) is 0 Å². The molecule has 0 saturated carbocycles. The van der Waals surface area contributed by atoms with Gasteiger partial charge in [0.25, 0.3) is 0 Å². The van der Waals surface area contributed by atoms with Crippen molar-refractivity contribution in [1.82, 2.24) is 25.4 Å². The monoisotopic (exact) mass is 253 g/mol. The van der Waals surface area contributed by atoms with Crippen LogP contribution >= 0.6 is 0 Å². The Hall–Kier alpha value is -1.92. The van der Waals surface area contributed by atoms with Gasteiger partial charge in [-0.1, -0.05) is 6.92 Å². The fourth-order valence-corrected chi connectivity index (χ4v) is 1.59. The van der Waals surface area contributed by atoms with Gasteiger partial charge in [-0.25, -0.2) is 9.67 Å². The van der Waals surface area contributed by atoms with Crippen molar-refractivity contribution in [1.29, 1.82) is 0 Å². The molecule has 1 heterocycles. The maximum atomic E-state index is 11.6. The first-order valence-electron chi connectivity index (χ1n) is 6.00. The predicted octanol–water partition coefficient (Wildman–Crippen LogP) is 0.00140. The minimum atomic E-state index is -0.234. The molecule has 7 heteroatoms. The molecule has 0 saturated heterocycles. The lowest BCUT2D eigenvalue weighted by Gasteiger charge is -2.16. The van der Waals surface area contributed by atoms with Crippen molar-refractivity contribution in [2.24, 2.45) is 0 Å². The minimum Gasteiger partial charge on any atom is -0.347 e. The third-order valence-electron chi connectivity index (χ3n) is 2.50. The Balaban J connectivity index is 2.62. The first kappa shape index (κ1) is 14.1. The number of carbonyl (C=O) groups is 2. The number of rotatable bonds is 6. The van der Waals surface area contributed by atoms with Gasteiger partial charge in [-0.2, -0.15) is 5.10 Å². The highest BCUT2D eigenvalue weighted by atomic mass is 16.2. The van der Waals surface area contributed by atoms with Gasteiger partial charge in [-0.05, 0) is 13.3 Å². The van der Waals surface area contributed by atoms with Crippen LogP contribution in [0.5, 0.6) is 0 Å². The summed E-state index contributed by atoms with van der Waals surface area (Å²) in [5, 5.41) is 9.35. The number of aryl methyl sites for hydroxylation is 1. The van der Waals surface area contributed by atoms with Gasteiger partial charge in [-0.15, -0.1) is 0 Å². The molecule has 2 N–H and O–H groups in total. The summed E-state index contributed by atoms with van der Waals surface area (Å²) in [5.41, 5.74) is 0. The van der Waals surface area contributed by atoms with Gasteiger partial charge in [0.1, 0.15) is 12.2 Å². The van der Waals surface area contributed by atoms with Crippen molar-refractivity contribution in [3.05, 3.63) is 12.2 Å². The molecule has 0 unspecified atom stereocenters. The van der Waals surface area contributed by atoms with E-state index in [9.17, 15) is 9.59 Å². The molecule has 1 aromatic rings.